The molecule has 2 atom stereocenters. The molecule has 27 heavy (non-hydrogen) atoms. The van der Waals surface area contributed by atoms with Crippen LogP contribution in [0.2, 0.25) is 0 Å². The zero-order valence-corrected chi connectivity index (χ0v) is 18.3. The van der Waals surface area contributed by atoms with Gasteiger partial charge in [0, 0.05) is 51.6 Å². The van der Waals surface area contributed by atoms with Crippen LogP contribution >= 0.6 is 24.0 Å². The highest BCUT2D eigenvalue weighted by Crippen LogP contribution is 2.25. The van der Waals surface area contributed by atoms with Gasteiger partial charge < -0.3 is 20.3 Å². The van der Waals surface area contributed by atoms with Gasteiger partial charge in [0.25, 0.3) is 0 Å². The minimum Gasteiger partial charge on any atom is -0.373 e. The Hall–Kier alpha value is -1.16. The zero-order chi connectivity index (χ0) is 18.6. The van der Waals surface area contributed by atoms with Gasteiger partial charge in [-0.25, -0.2) is 8.78 Å². The van der Waals surface area contributed by atoms with Crippen molar-refractivity contribution in [3.63, 3.8) is 0 Å². The van der Waals surface area contributed by atoms with Crippen LogP contribution < -0.4 is 15.5 Å². The number of hydrogen-bond acceptors (Lipinski definition) is 3. The molecule has 5 nitrogen and oxygen atoms in total. The van der Waals surface area contributed by atoms with Gasteiger partial charge in [0.05, 0.1) is 5.60 Å². The van der Waals surface area contributed by atoms with E-state index in [0.717, 1.165) is 63.7 Å². The molecule has 2 N–H and O–H groups in total. The fourth-order valence-electron chi connectivity index (χ4n) is 3.62. The van der Waals surface area contributed by atoms with Crippen LogP contribution in [0.25, 0.3) is 0 Å². The molecule has 2 heterocycles. The molecule has 0 aromatic heterocycles. The van der Waals surface area contributed by atoms with Crippen LogP contribution in [-0.2, 0) is 4.74 Å². The number of guanidine groups is 1. The van der Waals surface area contributed by atoms with Crippen molar-refractivity contribution in [3.8, 4) is 0 Å². The molecule has 3 rings (SSSR count). The fourth-order valence-corrected chi connectivity index (χ4v) is 3.62. The number of anilines is 1. The van der Waals surface area contributed by atoms with E-state index in [1.165, 1.54) is 12.1 Å². The Morgan fingerprint density at radius 3 is 2.81 bits per heavy atom. The Bertz CT molecular complexity index is 653. The Kier molecular flexibility index (Phi) is 8.08. The lowest BCUT2D eigenvalue weighted by Gasteiger charge is -2.25. The maximum absolute atomic E-state index is 13.4. The fraction of sp³-hybridized carbons (Fsp3) is 0.632. The van der Waals surface area contributed by atoms with Crippen LogP contribution in [-0.4, -0.2) is 51.4 Å². The molecule has 0 saturated carbocycles. The standard InChI is InChI=1S/C19H28F2N4O.HI/c1-19(7-3-9-26-19)13-24-18(22-2)23-11-14-6-8-25(12-14)15-4-5-16(20)17(21)10-15;/h4-5,10,14H,3,6-9,11-13H2,1-2H3,(H2,22,23,24);1H. The Balaban J connectivity index is 0.00000261. The first-order valence-corrected chi connectivity index (χ1v) is 9.27. The number of halogens is 3. The van der Waals surface area contributed by atoms with Gasteiger partial charge in [0.1, 0.15) is 0 Å². The summed E-state index contributed by atoms with van der Waals surface area (Å²) < 4.78 is 32.3. The lowest BCUT2D eigenvalue weighted by molar-refractivity contribution is 0.0243. The molecule has 0 spiro atoms. The lowest BCUT2D eigenvalue weighted by atomic mass is 10.0. The zero-order valence-electron chi connectivity index (χ0n) is 15.9. The van der Waals surface area contributed by atoms with Crippen molar-refractivity contribution in [2.24, 2.45) is 10.9 Å². The van der Waals surface area contributed by atoms with E-state index < -0.39 is 11.6 Å². The largest absolute Gasteiger partial charge is 0.373 e. The van der Waals surface area contributed by atoms with Crippen LogP contribution in [0.1, 0.15) is 26.2 Å². The normalized spacial score (nSPS) is 25.4. The highest BCUT2D eigenvalue weighted by molar-refractivity contribution is 14.0. The summed E-state index contributed by atoms with van der Waals surface area (Å²) in [6.45, 7) is 6.13. The molecule has 0 bridgehead atoms. The molecule has 2 unspecified atom stereocenters. The predicted octanol–water partition coefficient (Wildman–Crippen LogP) is 3.14. The second kappa shape index (κ2) is 9.86. The second-order valence-electron chi connectivity index (χ2n) is 7.41. The quantitative estimate of drug-likeness (QED) is 0.375. The maximum Gasteiger partial charge on any atom is 0.191 e. The van der Waals surface area contributed by atoms with Gasteiger partial charge in [0.2, 0.25) is 0 Å². The number of ether oxygens (including phenoxy) is 1. The lowest BCUT2D eigenvalue weighted by Crippen LogP contribution is -2.46. The van der Waals surface area contributed by atoms with Gasteiger partial charge in [-0.2, -0.15) is 0 Å². The van der Waals surface area contributed by atoms with Crippen molar-refractivity contribution in [2.45, 2.75) is 31.8 Å². The Labute approximate surface area is 177 Å². The van der Waals surface area contributed by atoms with Crippen molar-refractivity contribution >= 4 is 35.6 Å². The third-order valence-electron chi connectivity index (χ3n) is 5.27. The summed E-state index contributed by atoms with van der Waals surface area (Å²) in [6, 6.07) is 4.10. The van der Waals surface area contributed by atoms with Crippen molar-refractivity contribution < 1.29 is 13.5 Å². The molecule has 0 amide bonds. The van der Waals surface area contributed by atoms with Gasteiger partial charge in [-0.05, 0) is 44.2 Å². The van der Waals surface area contributed by atoms with E-state index in [4.69, 9.17) is 4.74 Å². The summed E-state index contributed by atoms with van der Waals surface area (Å²) in [5, 5.41) is 6.71. The summed E-state index contributed by atoms with van der Waals surface area (Å²) >= 11 is 0. The minimum atomic E-state index is -0.805. The molecule has 2 aliphatic heterocycles. The summed E-state index contributed by atoms with van der Waals surface area (Å²) in [5.41, 5.74) is 0.620. The first-order chi connectivity index (χ1) is 12.5. The van der Waals surface area contributed by atoms with Crippen molar-refractivity contribution in [1.29, 1.82) is 0 Å². The minimum absolute atomic E-state index is 0. The molecule has 2 fully saturated rings. The van der Waals surface area contributed by atoms with Crippen LogP contribution in [0, 0.1) is 17.6 Å². The van der Waals surface area contributed by atoms with Crippen molar-refractivity contribution in [1.82, 2.24) is 10.6 Å². The van der Waals surface area contributed by atoms with E-state index in [0.29, 0.717) is 5.92 Å². The summed E-state index contributed by atoms with van der Waals surface area (Å²) in [6.07, 6.45) is 3.17. The van der Waals surface area contributed by atoms with Gasteiger partial charge in [-0.3, -0.25) is 4.99 Å². The highest BCUT2D eigenvalue weighted by Gasteiger charge is 2.30. The van der Waals surface area contributed by atoms with Crippen LogP contribution in [0.4, 0.5) is 14.5 Å². The average molecular weight is 494 g/mol. The molecule has 2 aliphatic rings. The van der Waals surface area contributed by atoms with E-state index in [1.807, 2.05) is 0 Å². The topological polar surface area (TPSA) is 48.9 Å². The highest BCUT2D eigenvalue weighted by atomic mass is 127. The number of rotatable bonds is 5. The summed E-state index contributed by atoms with van der Waals surface area (Å²) in [5.74, 6) is -0.398. The third-order valence-corrected chi connectivity index (χ3v) is 5.27. The maximum atomic E-state index is 13.4. The van der Waals surface area contributed by atoms with Gasteiger partial charge in [-0.1, -0.05) is 0 Å². The van der Waals surface area contributed by atoms with Crippen molar-refractivity contribution in [3.05, 3.63) is 29.8 Å². The Morgan fingerprint density at radius 1 is 1.33 bits per heavy atom. The molecule has 152 valence electrons. The van der Waals surface area contributed by atoms with Crippen LogP contribution in [0.15, 0.2) is 23.2 Å². The molecule has 0 aliphatic carbocycles. The first-order valence-electron chi connectivity index (χ1n) is 9.27. The molecule has 1 aromatic carbocycles. The number of nitrogens with one attached hydrogen (secondary N) is 2. The molecule has 0 radical (unpaired) electrons. The molecular weight excluding hydrogens is 465 g/mol. The molecule has 2 saturated heterocycles. The summed E-state index contributed by atoms with van der Waals surface area (Å²) in [7, 11) is 1.76. The summed E-state index contributed by atoms with van der Waals surface area (Å²) in [4.78, 5) is 6.37. The molecular formula is C19H29F2IN4O. The number of hydrogen-bond donors (Lipinski definition) is 2. The second-order valence-corrected chi connectivity index (χ2v) is 7.41. The number of benzene rings is 1. The monoisotopic (exact) mass is 494 g/mol. The van der Waals surface area contributed by atoms with Gasteiger partial charge in [-0.15, -0.1) is 24.0 Å². The van der Waals surface area contributed by atoms with E-state index in [2.05, 4.69) is 27.4 Å². The average Bonchev–Trinajstić information content (AvgIpc) is 3.27. The van der Waals surface area contributed by atoms with E-state index in [1.54, 1.807) is 13.1 Å². The molecule has 1 aromatic rings. The van der Waals surface area contributed by atoms with Crippen LogP contribution in [0.5, 0.6) is 0 Å². The predicted molar refractivity (Wildman–Crippen MR) is 115 cm³/mol. The smallest absolute Gasteiger partial charge is 0.191 e. The molecule has 8 heteroatoms. The van der Waals surface area contributed by atoms with E-state index in [-0.39, 0.29) is 29.6 Å². The van der Waals surface area contributed by atoms with E-state index in [9.17, 15) is 8.78 Å². The van der Waals surface area contributed by atoms with Crippen molar-refractivity contribution in [2.75, 3.05) is 44.7 Å². The van der Waals surface area contributed by atoms with Crippen LogP contribution in [0.3, 0.4) is 0 Å². The third kappa shape index (κ3) is 5.91. The van der Waals surface area contributed by atoms with Gasteiger partial charge >= 0.3 is 0 Å². The number of nitrogens with zero attached hydrogens (tertiary/aromatic N) is 2. The number of aliphatic imine (C=N–C) groups is 1. The SMILES string of the molecule is CN=C(NCC1CCN(c2ccc(F)c(F)c2)C1)NCC1(C)CCCO1.I. The first kappa shape index (κ1) is 22.1. The van der Waals surface area contributed by atoms with Gasteiger partial charge in [0.15, 0.2) is 17.6 Å². The Morgan fingerprint density at radius 2 is 2.15 bits per heavy atom. The van der Waals surface area contributed by atoms with E-state index >= 15 is 0 Å².